The van der Waals surface area contributed by atoms with E-state index in [2.05, 4.69) is 0 Å². The maximum atomic E-state index is 12.2. The Hall–Kier alpha value is -1.89. The summed E-state index contributed by atoms with van der Waals surface area (Å²) in [6, 6.07) is 5.44. The Kier molecular flexibility index (Phi) is 4.85. The van der Waals surface area contributed by atoms with E-state index in [4.69, 9.17) is 5.11 Å². The lowest BCUT2D eigenvalue weighted by atomic mass is 10.1. The molecule has 22 heavy (non-hydrogen) atoms. The summed E-state index contributed by atoms with van der Waals surface area (Å²) in [6.45, 7) is 2.03. The molecule has 6 nitrogen and oxygen atoms in total. The quantitative estimate of drug-likeness (QED) is 0.875. The SMILES string of the molecule is CCS(=O)(=O)c1ccc(CC(=O)N2CCC[C@H]2C(=O)O)cc1. The first-order chi connectivity index (χ1) is 10.3. The largest absolute Gasteiger partial charge is 0.480 e. The van der Waals surface area contributed by atoms with Crippen LogP contribution in [0.4, 0.5) is 0 Å². The van der Waals surface area contributed by atoms with Gasteiger partial charge in [-0.3, -0.25) is 4.79 Å². The summed E-state index contributed by atoms with van der Waals surface area (Å²) in [5.74, 6) is -1.19. The van der Waals surface area contributed by atoms with Gasteiger partial charge in [-0.1, -0.05) is 19.1 Å². The highest BCUT2D eigenvalue weighted by molar-refractivity contribution is 7.91. The number of carbonyl (C=O) groups excluding carboxylic acids is 1. The number of carboxylic acid groups (broad SMARTS) is 1. The standard InChI is InChI=1S/C15H19NO5S/c1-2-22(20,21)12-7-5-11(6-8-12)10-14(17)16-9-3-4-13(16)15(18)19/h5-8,13H,2-4,9-10H2,1H3,(H,18,19)/t13-/m0/s1. The number of hydrogen-bond acceptors (Lipinski definition) is 4. The van der Waals surface area contributed by atoms with E-state index in [1.165, 1.54) is 17.0 Å². The first-order valence-corrected chi connectivity index (χ1v) is 8.84. The van der Waals surface area contributed by atoms with Crippen LogP contribution >= 0.6 is 0 Å². The van der Waals surface area contributed by atoms with Crippen molar-refractivity contribution in [3.63, 3.8) is 0 Å². The molecule has 120 valence electrons. The van der Waals surface area contributed by atoms with Gasteiger partial charge in [-0.15, -0.1) is 0 Å². The monoisotopic (exact) mass is 325 g/mol. The third kappa shape index (κ3) is 3.47. The van der Waals surface area contributed by atoms with Crippen molar-refractivity contribution in [1.29, 1.82) is 0 Å². The van der Waals surface area contributed by atoms with Gasteiger partial charge in [-0.2, -0.15) is 0 Å². The molecule has 0 aliphatic carbocycles. The van der Waals surface area contributed by atoms with Gasteiger partial charge in [0.15, 0.2) is 9.84 Å². The van der Waals surface area contributed by atoms with Crippen LogP contribution in [0.15, 0.2) is 29.2 Å². The van der Waals surface area contributed by atoms with Crippen LogP contribution < -0.4 is 0 Å². The number of benzene rings is 1. The van der Waals surface area contributed by atoms with Gasteiger partial charge >= 0.3 is 5.97 Å². The fourth-order valence-corrected chi connectivity index (χ4v) is 3.46. The molecule has 0 radical (unpaired) electrons. The number of aliphatic carboxylic acids is 1. The van der Waals surface area contributed by atoms with Crippen LogP contribution in [0.1, 0.15) is 25.3 Å². The Balaban J connectivity index is 2.08. The molecule has 1 N–H and O–H groups in total. The van der Waals surface area contributed by atoms with Crippen LogP contribution in [0, 0.1) is 0 Å². The number of carbonyl (C=O) groups is 2. The Bertz CT molecular complexity index is 666. The molecule has 7 heteroatoms. The lowest BCUT2D eigenvalue weighted by Gasteiger charge is -2.21. The van der Waals surface area contributed by atoms with Crippen LogP contribution in [0.25, 0.3) is 0 Å². The Morgan fingerprint density at radius 2 is 1.91 bits per heavy atom. The van der Waals surface area contributed by atoms with E-state index >= 15 is 0 Å². The molecule has 1 aliphatic rings. The normalized spacial score (nSPS) is 18.4. The molecule has 1 saturated heterocycles. The third-order valence-corrected chi connectivity index (χ3v) is 5.63. The van der Waals surface area contributed by atoms with Crippen LogP contribution in [-0.2, 0) is 25.8 Å². The molecule has 0 saturated carbocycles. The zero-order valence-electron chi connectivity index (χ0n) is 12.4. The van der Waals surface area contributed by atoms with Crippen molar-refractivity contribution in [2.24, 2.45) is 0 Å². The Morgan fingerprint density at radius 1 is 1.27 bits per heavy atom. The molecule has 2 rings (SSSR count). The van der Waals surface area contributed by atoms with Gasteiger partial charge in [0.2, 0.25) is 5.91 Å². The molecule has 1 amide bonds. The number of likely N-dealkylation sites (tertiary alicyclic amines) is 1. The van der Waals surface area contributed by atoms with Crippen LogP contribution in [-0.4, -0.2) is 48.6 Å². The van der Waals surface area contributed by atoms with E-state index in [0.29, 0.717) is 24.9 Å². The van der Waals surface area contributed by atoms with Gasteiger partial charge in [0.05, 0.1) is 17.1 Å². The van der Waals surface area contributed by atoms with Crippen LogP contribution in [0.2, 0.25) is 0 Å². The summed E-state index contributed by atoms with van der Waals surface area (Å²) in [7, 11) is -3.25. The predicted octanol–water partition coefficient (Wildman–Crippen LogP) is 1.10. The van der Waals surface area contributed by atoms with Gasteiger partial charge in [0.25, 0.3) is 0 Å². The molecule has 1 atom stereocenters. The second kappa shape index (κ2) is 6.48. The minimum atomic E-state index is -3.25. The number of carboxylic acids is 1. The minimum Gasteiger partial charge on any atom is -0.480 e. The van der Waals surface area contributed by atoms with E-state index in [0.717, 1.165) is 0 Å². The highest BCUT2D eigenvalue weighted by Gasteiger charge is 2.33. The molecule has 1 aliphatic heterocycles. The zero-order valence-corrected chi connectivity index (χ0v) is 13.2. The lowest BCUT2D eigenvalue weighted by Crippen LogP contribution is -2.41. The van der Waals surface area contributed by atoms with Crippen LogP contribution in [0.3, 0.4) is 0 Å². The molecule has 0 unspecified atom stereocenters. The number of hydrogen-bond donors (Lipinski definition) is 1. The second-order valence-corrected chi connectivity index (χ2v) is 7.59. The van der Waals surface area contributed by atoms with E-state index in [9.17, 15) is 18.0 Å². The minimum absolute atomic E-state index is 0.0271. The summed E-state index contributed by atoms with van der Waals surface area (Å²) in [4.78, 5) is 24.9. The van der Waals surface area contributed by atoms with E-state index in [-0.39, 0.29) is 23.0 Å². The summed E-state index contributed by atoms with van der Waals surface area (Å²) in [5.41, 5.74) is 0.677. The Morgan fingerprint density at radius 3 is 2.45 bits per heavy atom. The average Bonchev–Trinajstić information content (AvgIpc) is 2.97. The zero-order chi connectivity index (χ0) is 16.3. The maximum absolute atomic E-state index is 12.2. The maximum Gasteiger partial charge on any atom is 0.326 e. The third-order valence-electron chi connectivity index (χ3n) is 3.88. The molecule has 1 heterocycles. The van der Waals surface area contributed by atoms with Crippen molar-refractivity contribution in [3.05, 3.63) is 29.8 Å². The fourth-order valence-electron chi connectivity index (χ4n) is 2.58. The van der Waals surface area contributed by atoms with E-state index in [1.54, 1.807) is 19.1 Å². The van der Waals surface area contributed by atoms with Gasteiger partial charge < -0.3 is 10.0 Å². The summed E-state index contributed by atoms with van der Waals surface area (Å²) in [5, 5.41) is 9.09. The molecular formula is C15H19NO5S. The number of sulfone groups is 1. The van der Waals surface area contributed by atoms with Crippen molar-refractivity contribution >= 4 is 21.7 Å². The second-order valence-electron chi connectivity index (χ2n) is 5.31. The topological polar surface area (TPSA) is 91.8 Å². The highest BCUT2D eigenvalue weighted by Crippen LogP contribution is 2.19. The van der Waals surface area contributed by atoms with Gasteiger partial charge in [0.1, 0.15) is 6.04 Å². The van der Waals surface area contributed by atoms with Gasteiger partial charge in [-0.05, 0) is 30.5 Å². The van der Waals surface area contributed by atoms with Crippen molar-refractivity contribution < 1.29 is 23.1 Å². The Labute approximate surface area is 129 Å². The van der Waals surface area contributed by atoms with Gasteiger partial charge in [0, 0.05) is 6.54 Å². The molecule has 1 aromatic carbocycles. The van der Waals surface area contributed by atoms with Crippen LogP contribution in [0.5, 0.6) is 0 Å². The number of nitrogens with zero attached hydrogens (tertiary/aromatic N) is 1. The molecule has 1 aromatic rings. The van der Waals surface area contributed by atoms with E-state index in [1.807, 2.05) is 0 Å². The lowest BCUT2D eigenvalue weighted by molar-refractivity contribution is -0.148. The average molecular weight is 325 g/mol. The highest BCUT2D eigenvalue weighted by atomic mass is 32.2. The molecule has 0 aromatic heterocycles. The number of amides is 1. The predicted molar refractivity (Wildman–Crippen MR) is 80.2 cm³/mol. The van der Waals surface area contributed by atoms with Crippen molar-refractivity contribution in [2.75, 3.05) is 12.3 Å². The smallest absolute Gasteiger partial charge is 0.326 e. The first-order valence-electron chi connectivity index (χ1n) is 7.19. The summed E-state index contributed by atoms with van der Waals surface area (Å²) < 4.78 is 23.4. The fraction of sp³-hybridized carbons (Fsp3) is 0.467. The van der Waals surface area contributed by atoms with Crippen molar-refractivity contribution in [3.8, 4) is 0 Å². The number of rotatable bonds is 5. The molecule has 0 bridgehead atoms. The molecule has 1 fully saturated rings. The van der Waals surface area contributed by atoms with Crippen molar-refractivity contribution in [1.82, 2.24) is 4.90 Å². The molecular weight excluding hydrogens is 306 g/mol. The van der Waals surface area contributed by atoms with E-state index < -0.39 is 21.8 Å². The van der Waals surface area contributed by atoms with Crippen molar-refractivity contribution in [2.45, 2.75) is 37.1 Å². The summed E-state index contributed by atoms with van der Waals surface area (Å²) >= 11 is 0. The molecule has 0 spiro atoms. The summed E-state index contributed by atoms with van der Waals surface area (Å²) in [6.07, 6.45) is 1.25. The first kappa shape index (κ1) is 16.5. The van der Waals surface area contributed by atoms with Gasteiger partial charge in [-0.25, -0.2) is 13.2 Å².